The van der Waals surface area contributed by atoms with Crippen LogP contribution in [0, 0.1) is 5.92 Å². The van der Waals surface area contributed by atoms with Gasteiger partial charge >= 0.3 is 0 Å². The number of hydrogen-bond acceptors (Lipinski definition) is 4. The molecular formula is C22H24N2O4. The summed E-state index contributed by atoms with van der Waals surface area (Å²) in [7, 11) is 0. The average Bonchev–Trinajstić information content (AvgIpc) is 2.95. The van der Waals surface area contributed by atoms with Gasteiger partial charge in [-0.3, -0.25) is 9.59 Å². The number of anilines is 1. The number of carbonyl (C=O) groups excluding carboxylic acids is 2. The zero-order valence-electron chi connectivity index (χ0n) is 15.9. The van der Waals surface area contributed by atoms with E-state index in [2.05, 4.69) is 5.32 Å². The fraction of sp³-hybridized carbons (Fsp3) is 0.364. The van der Waals surface area contributed by atoms with Gasteiger partial charge in [0.25, 0.3) is 0 Å². The quantitative estimate of drug-likeness (QED) is 0.883. The lowest BCUT2D eigenvalue weighted by Crippen LogP contribution is -2.30. The first kappa shape index (κ1) is 18.3. The van der Waals surface area contributed by atoms with Gasteiger partial charge in [0.2, 0.25) is 11.8 Å². The van der Waals surface area contributed by atoms with E-state index in [0.29, 0.717) is 36.9 Å². The van der Waals surface area contributed by atoms with Crippen molar-refractivity contribution in [3.63, 3.8) is 0 Å². The highest BCUT2D eigenvalue weighted by Crippen LogP contribution is 2.33. The number of amides is 2. The Morgan fingerprint density at radius 3 is 2.64 bits per heavy atom. The Balaban J connectivity index is 1.42. The standard InChI is InChI=1S/C22H24N2O4/c1-15(16-6-3-2-4-7-16)24-14-17(12-21(24)25)22(26)23-18-8-9-19-20(13-18)28-11-5-10-27-19/h2-4,6-9,13,15,17H,5,10-12,14H2,1H3,(H,23,26)/t15-,17-/m0/s1. The van der Waals surface area contributed by atoms with Gasteiger partial charge in [-0.05, 0) is 24.6 Å². The van der Waals surface area contributed by atoms with E-state index in [1.54, 1.807) is 23.1 Å². The molecule has 6 heteroatoms. The fourth-order valence-corrected chi connectivity index (χ4v) is 3.68. The Morgan fingerprint density at radius 2 is 1.86 bits per heavy atom. The van der Waals surface area contributed by atoms with Crippen molar-refractivity contribution in [1.29, 1.82) is 0 Å². The number of ether oxygens (including phenoxy) is 2. The third-order valence-electron chi connectivity index (χ3n) is 5.29. The molecule has 0 aliphatic carbocycles. The molecule has 2 aliphatic rings. The maximum atomic E-state index is 12.7. The summed E-state index contributed by atoms with van der Waals surface area (Å²) in [4.78, 5) is 27.0. The molecule has 2 aromatic rings. The van der Waals surface area contributed by atoms with Gasteiger partial charge in [-0.15, -0.1) is 0 Å². The van der Waals surface area contributed by atoms with E-state index in [4.69, 9.17) is 9.47 Å². The van der Waals surface area contributed by atoms with Gasteiger partial charge in [0.1, 0.15) is 0 Å². The molecule has 2 aliphatic heterocycles. The molecular weight excluding hydrogens is 356 g/mol. The van der Waals surface area contributed by atoms with E-state index in [1.807, 2.05) is 37.3 Å². The third-order valence-corrected chi connectivity index (χ3v) is 5.29. The first-order valence-electron chi connectivity index (χ1n) is 9.67. The molecule has 2 amide bonds. The second kappa shape index (κ2) is 7.92. The van der Waals surface area contributed by atoms with Crippen molar-refractivity contribution in [2.75, 3.05) is 25.1 Å². The predicted octanol–water partition coefficient (Wildman–Crippen LogP) is 3.40. The monoisotopic (exact) mass is 380 g/mol. The molecule has 0 radical (unpaired) electrons. The van der Waals surface area contributed by atoms with E-state index >= 15 is 0 Å². The molecule has 1 fully saturated rings. The molecule has 146 valence electrons. The van der Waals surface area contributed by atoms with E-state index < -0.39 is 0 Å². The summed E-state index contributed by atoms with van der Waals surface area (Å²) in [6.45, 7) is 3.63. The lowest BCUT2D eigenvalue weighted by molar-refractivity contribution is -0.129. The van der Waals surface area contributed by atoms with Crippen LogP contribution in [0.1, 0.15) is 31.4 Å². The van der Waals surface area contributed by atoms with Crippen LogP contribution in [0.4, 0.5) is 5.69 Å². The maximum Gasteiger partial charge on any atom is 0.229 e. The number of rotatable bonds is 4. The number of nitrogens with zero attached hydrogens (tertiary/aromatic N) is 1. The van der Waals surface area contributed by atoms with E-state index in [1.165, 1.54) is 0 Å². The van der Waals surface area contributed by atoms with Gasteiger partial charge in [0.15, 0.2) is 11.5 Å². The predicted molar refractivity (Wildman–Crippen MR) is 105 cm³/mol. The summed E-state index contributed by atoms with van der Waals surface area (Å²) in [6.07, 6.45) is 1.06. The lowest BCUT2D eigenvalue weighted by Gasteiger charge is -2.25. The first-order valence-corrected chi connectivity index (χ1v) is 9.67. The molecule has 0 bridgehead atoms. The van der Waals surface area contributed by atoms with Crippen molar-refractivity contribution in [3.05, 3.63) is 54.1 Å². The second-order valence-corrected chi connectivity index (χ2v) is 7.24. The van der Waals surface area contributed by atoms with Gasteiger partial charge in [0, 0.05) is 31.1 Å². The number of hydrogen-bond donors (Lipinski definition) is 1. The number of likely N-dealkylation sites (tertiary alicyclic amines) is 1. The Kier molecular flexibility index (Phi) is 5.19. The lowest BCUT2D eigenvalue weighted by atomic mass is 10.1. The topological polar surface area (TPSA) is 67.9 Å². The van der Waals surface area contributed by atoms with Gasteiger partial charge in [-0.25, -0.2) is 0 Å². The first-order chi connectivity index (χ1) is 13.6. The molecule has 1 saturated heterocycles. The van der Waals surface area contributed by atoms with Crippen LogP contribution in [-0.2, 0) is 9.59 Å². The fourth-order valence-electron chi connectivity index (χ4n) is 3.68. The number of nitrogens with one attached hydrogen (secondary N) is 1. The molecule has 6 nitrogen and oxygen atoms in total. The zero-order valence-corrected chi connectivity index (χ0v) is 15.9. The summed E-state index contributed by atoms with van der Waals surface area (Å²) in [5, 5.41) is 2.92. The minimum Gasteiger partial charge on any atom is -0.490 e. The van der Waals surface area contributed by atoms with Crippen molar-refractivity contribution < 1.29 is 19.1 Å². The molecule has 2 atom stereocenters. The van der Waals surface area contributed by atoms with Gasteiger partial charge in [-0.2, -0.15) is 0 Å². The molecule has 0 unspecified atom stereocenters. The highest BCUT2D eigenvalue weighted by Gasteiger charge is 2.37. The summed E-state index contributed by atoms with van der Waals surface area (Å²) in [6, 6.07) is 15.2. The minimum absolute atomic E-state index is 0.00941. The van der Waals surface area contributed by atoms with Gasteiger partial charge in [-0.1, -0.05) is 30.3 Å². The number of carbonyl (C=O) groups is 2. The van der Waals surface area contributed by atoms with Crippen molar-refractivity contribution in [3.8, 4) is 11.5 Å². The van der Waals surface area contributed by atoms with Gasteiger partial charge in [0.05, 0.1) is 25.2 Å². The molecule has 4 rings (SSSR count). The summed E-state index contributed by atoms with van der Waals surface area (Å²) in [5.41, 5.74) is 1.72. The molecule has 0 aromatic heterocycles. The Labute approximate surface area is 164 Å². The Hall–Kier alpha value is -3.02. The van der Waals surface area contributed by atoms with Crippen molar-refractivity contribution >= 4 is 17.5 Å². The van der Waals surface area contributed by atoms with Crippen LogP contribution in [0.2, 0.25) is 0 Å². The van der Waals surface area contributed by atoms with Crippen LogP contribution < -0.4 is 14.8 Å². The maximum absolute atomic E-state index is 12.7. The van der Waals surface area contributed by atoms with E-state index in [-0.39, 0.29) is 30.2 Å². The Bertz CT molecular complexity index is 868. The smallest absolute Gasteiger partial charge is 0.229 e. The van der Waals surface area contributed by atoms with E-state index in [0.717, 1.165) is 12.0 Å². The largest absolute Gasteiger partial charge is 0.490 e. The highest BCUT2D eigenvalue weighted by molar-refractivity contribution is 5.97. The SMILES string of the molecule is C[C@@H](c1ccccc1)N1C[C@@H](C(=O)Nc2ccc3c(c2)OCCCO3)CC1=O. The van der Waals surface area contributed by atoms with Crippen LogP contribution in [-0.4, -0.2) is 36.5 Å². The van der Waals surface area contributed by atoms with Crippen LogP contribution in [0.25, 0.3) is 0 Å². The summed E-state index contributed by atoms with van der Waals surface area (Å²) >= 11 is 0. The second-order valence-electron chi connectivity index (χ2n) is 7.24. The molecule has 2 heterocycles. The minimum atomic E-state index is -0.366. The average molecular weight is 380 g/mol. The summed E-state index contributed by atoms with van der Waals surface area (Å²) < 4.78 is 11.3. The molecule has 0 saturated carbocycles. The molecule has 1 N–H and O–H groups in total. The number of fused-ring (bicyclic) bond motifs is 1. The van der Waals surface area contributed by atoms with Crippen molar-refractivity contribution in [2.45, 2.75) is 25.8 Å². The summed E-state index contributed by atoms with van der Waals surface area (Å²) in [5.74, 6) is 0.821. The van der Waals surface area contributed by atoms with E-state index in [9.17, 15) is 9.59 Å². The van der Waals surface area contributed by atoms with Gasteiger partial charge < -0.3 is 19.7 Å². The molecule has 2 aromatic carbocycles. The Morgan fingerprint density at radius 1 is 1.11 bits per heavy atom. The third kappa shape index (κ3) is 3.81. The normalized spacial score (nSPS) is 19.8. The van der Waals surface area contributed by atoms with Crippen LogP contribution >= 0.6 is 0 Å². The van der Waals surface area contributed by atoms with Crippen LogP contribution in [0.15, 0.2) is 48.5 Å². The zero-order chi connectivity index (χ0) is 19.5. The molecule has 0 spiro atoms. The van der Waals surface area contributed by atoms with Crippen LogP contribution in [0.3, 0.4) is 0 Å². The highest BCUT2D eigenvalue weighted by atomic mass is 16.5. The molecule has 28 heavy (non-hydrogen) atoms. The van der Waals surface area contributed by atoms with Crippen LogP contribution in [0.5, 0.6) is 11.5 Å². The van der Waals surface area contributed by atoms with Crippen molar-refractivity contribution in [1.82, 2.24) is 4.90 Å². The number of benzene rings is 2. The van der Waals surface area contributed by atoms with Crippen molar-refractivity contribution in [2.24, 2.45) is 5.92 Å².